The number of piperazine rings is 1. The van der Waals surface area contributed by atoms with Crippen LogP contribution in [0.4, 0.5) is 14.6 Å². The van der Waals surface area contributed by atoms with Gasteiger partial charge in [-0.1, -0.05) is 24.3 Å². The van der Waals surface area contributed by atoms with Crippen LogP contribution in [0.15, 0.2) is 85.6 Å². The Hall–Kier alpha value is -6.22. The number of aromatic amines is 1. The summed E-state index contributed by atoms with van der Waals surface area (Å²) in [7, 11) is 1.46. The second-order valence-corrected chi connectivity index (χ2v) is 13.1. The molecule has 274 valence electrons. The van der Waals surface area contributed by atoms with E-state index in [1.807, 2.05) is 53.7 Å². The highest BCUT2D eigenvalue weighted by molar-refractivity contribution is 6.04. The molecular formula is C38H40F2N10O3. The molecule has 6 heterocycles. The number of nitrogens with one attached hydrogen (secondary N) is 3. The smallest absolute Gasteiger partial charge is 0.270 e. The summed E-state index contributed by atoms with van der Waals surface area (Å²) in [6, 6.07) is 14.5. The molecule has 53 heavy (non-hydrogen) atoms. The molecule has 2 aromatic carbocycles. The second-order valence-electron chi connectivity index (χ2n) is 13.1. The zero-order valence-electron chi connectivity index (χ0n) is 29.1. The van der Waals surface area contributed by atoms with Crippen molar-refractivity contribution in [2.45, 2.75) is 12.8 Å². The summed E-state index contributed by atoms with van der Waals surface area (Å²) in [6.45, 7) is 2.94. The molecular weight excluding hydrogens is 682 g/mol. The number of amides is 2. The van der Waals surface area contributed by atoms with Crippen LogP contribution in [-0.4, -0.2) is 99.3 Å². The van der Waals surface area contributed by atoms with Gasteiger partial charge in [0.2, 0.25) is 5.91 Å². The molecule has 0 saturated carbocycles. The third-order valence-corrected chi connectivity index (χ3v) is 9.85. The third-order valence-electron chi connectivity index (χ3n) is 9.85. The number of halogens is 2. The Bertz CT molecular complexity index is 2230. The van der Waals surface area contributed by atoms with Crippen LogP contribution < -0.4 is 20.6 Å². The summed E-state index contributed by atoms with van der Waals surface area (Å²) in [6.07, 6.45) is 11.2. The maximum atomic E-state index is 16.8. The van der Waals surface area contributed by atoms with Gasteiger partial charge in [0.1, 0.15) is 11.5 Å². The summed E-state index contributed by atoms with van der Waals surface area (Å²) in [5.41, 5.74) is 9.64. The fourth-order valence-corrected chi connectivity index (χ4v) is 7.07. The van der Waals surface area contributed by atoms with Crippen molar-refractivity contribution < 1.29 is 24.5 Å². The van der Waals surface area contributed by atoms with Crippen molar-refractivity contribution in [2.75, 3.05) is 57.8 Å². The van der Waals surface area contributed by atoms with E-state index in [2.05, 4.69) is 26.0 Å². The highest BCUT2D eigenvalue weighted by Crippen LogP contribution is 2.37. The standard InChI is InChI=1S/C38H38F2N10O3.H2/c1-53-33-18-27(39)22-41-37(33)46-14-16-47(17-15-46)38(52)32-20-31-29(26-21-43-50(24-26)28-7-3-2-4-8-28)19-30(35(40)36(31)44-32)25-6-5-11-48(23-25)34(51)9-12-49-13-10-42-45-49;/h2-4,6-8,10,13,18-22,24,42,44-45H,5,9,11-12,14-17,23H2,1H3;1H. The number of anilines is 1. The molecule has 1 saturated heterocycles. The number of methoxy groups -OCH3 is 1. The number of fused-ring (bicyclic) bond motifs is 1. The number of hydrogen-bond donors (Lipinski definition) is 3. The van der Waals surface area contributed by atoms with Crippen molar-refractivity contribution >= 4 is 34.1 Å². The Kier molecular flexibility index (Phi) is 9.22. The van der Waals surface area contributed by atoms with Crippen LogP contribution in [0.3, 0.4) is 0 Å². The van der Waals surface area contributed by atoms with Gasteiger partial charge in [-0.15, -0.1) is 5.53 Å². The first-order valence-electron chi connectivity index (χ1n) is 17.5. The minimum atomic E-state index is -0.493. The maximum absolute atomic E-state index is 16.8. The van der Waals surface area contributed by atoms with E-state index in [0.717, 1.165) is 17.4 Å². The summed E-state index contributed by atoms with van der Waals surface area (Å²) >= 11 is 0. The van der Waals surface area contributed by atoms with E-state index in [1.54, 1.807) is 44.0 Å². The Balaban J connectivity index is 0.00000450. The minimum Gasteiger partial charge on any atom is -0.493 e. The number of carbonyl (C=O) groups is 2. The Morgan fingerprint density at radius 2 is 1.81 bits per heavy atom. The van der Waals surface area contributed by atoms with Gasteiger partial charge in [-0.2, -0.15) is 5.10 Å². The topological polar surface area (TPSA) is 127 Å². The lowest BCUT2D eigenvalue weighted by atomic mass is 9.94. The molecule has 0 bridgehead atoms. The average molecular weight is 723 g/mol. The Morgan fingerprint density at radius 1 is 0.981 bits per heavy atom. The maximum Gasteiger partial charge on any atom is 0.270 e. The zero-order valence-corrected chi connectivity index (χ0v) is 29.1. The van der Waals surface area contributed by atoms with E-state index in [4.69, 9.17) is 4.74 Å². The second kappa shape index (κ2) is 14.4. The van der Waals surface area contributed by atoms with E-state index < -0.39 is 11.6 Å². The van der Waals surface area contributed by atoms with Gasteiger partial charge in [0.05, 0.1) is 30.7 Å². The highest BCUT2D eigenvalue weighted by Gasteiger charge is 2.29. The molecule has 0 radical (unpaired) electrons. The largest absolute Gasteiger partial charge is 0.493 e. The average Bonchev–Trinajstić information content (AvgIpc) is 4.00. The van der Waals surface area contributed by atoms with Gasteiger partial charge in [0.25, 0.3) is 5.91 Å². The molecule has 0 atom stereocenters. The van der Waals surface area contributed by atoms with Crippen molar-refractivity contribution in [1.29, 1.82) is 0 Å². The quantitative estimate of drug-likeness (QED) is 0.198. The van der Waals surface area contributed by atoms with Gasteiger partial charge < -0.3 is 29.8 Å². The van der Waals surface area contributed by atoms with E-state index >= 15 is 4.39 Å². The van der Waals surface area contributed by atoms with Crippen LogP contribution in [0.5, 0.6) is 5.75 Å². The summed E-state index contributed by atoms with van der Waals surface area (Å²) in [4.78, 5) is 40.0. The Morgan fingerprint density at radius 3 is 2.58 bits per heavy atom. The monoisotopic (exact) mass is 722 g/mol. The number of aromatic nitrogens is 4. The molecule has 0 spiro atoms. The summed E-state index contributed by atoms with van der Waals surface area (Å²) < 4.78 is 37.6. The van der Waals surface area contributed by atoms with Crippen LogP contribution in [0.25, 0.3) is 33.3 Å². The third kappa shape index (κ3) is 6.78. The summed E-state index contributed by atoms with van der Waals surface area (Å²) in [5, 5.41) is 6.94. The molecule has 3 aliphatic heterocycles. The molecule has 15 heteroatoms. The first-order chi connectivity index (χ1) is 25.9. The number of rotatable bonds is 9. The van der Waals surface area contributed by atoms with Crippen LogP contribution in [0.1, 0.15) is 30.3 Å². The van der Waals surface area contributed by atoms with Crippen LogP contribution in [-0.2, 0) is 4.79 Å². The van der Waals surface area contributed by atoms with E-state index in [-0.39, 0.29) is 31.0 Å². The fraction of sp³-hybridized carbons (Fsp3) is 0.263. The minimum absolute atomic E-state index is 0. The number of hydrogen-bond acceptors (Lipinski definition) is 9. The molecule has 3 aliphatic rings. The number of para-hydroxylation sites is 1. The van der Waals surface area contributed by atoms with Gasteiger partial charge in [-0.25, -0.2) is 18.4 Å². The van der Waals surface area contributed by atoms with Gasteiger partial charge >= 0.3 is 0 Å². The van der Waals surface area contributed by atoms with E-state index in [0.29, 0.717) is 85.8 Å². The molecule has 2 amide bonds. The molecule has 8 rings (SSSR count). The first-order valence-corrected chi connectivity index (χ1v) is 17.5. The van der Waals surface area contributed by atoms with Crippen LogP contribution in [0, 0.1) is 11.6 Å². The number of carbonyl (C=O) groups excluding carboxylic acids is 2. The molecule has 3 N–H and O–H groups in total. The molecule has 5 aromatic rings. The molecule has 3 aromatic heterocycles. The van der Waals surface area contributed by atoms with Crippen molar-refractivity contribution in [1.82, 2.24) is 45.5 Å². The predicted octanol–water partition coefficient (Wildman–Crippen LogP) is 4.71. The summed E-state index contributed by atoms with van der Waals surface area (Å²) in [5.74, 6) is -0.437. The lowest BCUT2D eigenvalue weighted by Crippen LogP contribution is -2.49. The van der Waals surface area contributed by atoms with Gasteiger partial charge in [-0.3, -0.25) is 14.6 Å². The van der Waals surface area contributed by atoms with Gasteiger partial charge in [0.15, 0.2) is 17.4 Å². The predicted molar refractivity (Wildman–Crippen MR) is 198 cm³/mol. The lowest BCUT2D eigenvalue weighted by Gasteiger charge is -2.35. The van der Waals surface area contributed by atoms with E-state index in [1.165, 1.54) is 13.2 Å². The van der Waals surface area contributed by atoms with Gasteiger partial charge in [0, 0.05) is 94.8 Å². The number of benzene rings is 2. The molecule has 13 nitrogen and oxygen atoms in total. The zero-order chi connectivity index (χ0) is 36.5. The molecule has 1 fully saturated rings. The normalized spacial score (nSPS) is 15.9. The van der Waals surface area contributed by atoms with Crippen molar-refractivity contribution in [3.8, 4) is 22.6 Å². The number of nitrogens with zero attached hydrogens (tertiary/aromatic N) is 7. The van der Waals surface area contributed by atoms with Gasteiger partial charge in [-0.05, 0) is 41.8 Å². The fourth-order valence-electron chi connectivity index (χ4n) is 7.07. The number of pyridine rings is 1. The number of ether oxygens (including phenoxy) is 1. The van der Waals surface area contributed by atoms with Crippen molar-refractivity contribution in [2.24, 2.45) is 0 Å². The highest BCUT2D eigenvalue weighted by atomic mass is 19.1. The first kappa shape index (κ1) is 33.9. The molecule has 0 unspecified atom stereocenters. The SMILES string of the molecule is COc1cc(F)cnc1N1CCN(C(=O)c2cc3c(-c4cnn(-c5ccccc5)c4)cc(C4=CCCN(C(=O)CCN5C=CNN5)C4)c(F)c3[nH]2)CC1.[HH]. The number of H-pyrrole nitrogens is 1. The molecule has 0 aliphatic carbocycles. The van der Waals surface area contributed by atoms with E-state index in [9.17, 15) is 14.0 Å². The van der Waals surface area contributed by atoms with Crippen LogP contribution >= 0.6 is 0 Å². The van der Waals surface area contributed by atoms with Crippen molar-refractivity contribution in [3.05, 3.63) is 108 Å². The lowest BCUT2D eigenvalue weighted by molar-refractivity contribution is -0.131. The number of hydrazine groups is 2. The Labute approximate surface area is 305 Å². The van der Waals surface area contributed by atoms with Crippen molar-refractivity contribution in [3.63, 3.8) is 0 Å². The van der Waals surface area contributed by atoms with Crippen LogP contribution in [0.2, 0.25) is 0 Å².